The average molecular weight is 491 g/mol. The van der Waals surface area contributed by atoms with Gasteiger partial charge in [-0.05, 0) is 48.3 Å². The summed E-state index contributed by atoms with van der Waals surface area (Å²) in [5.74, 6) is 0.557. The summed E-state index contributed by atoms with van der Waals surface area (Å²) in [7, 11) is 0. The van der Waals surface area contributed by atoms with Gasteiger partial charge in [0.25, 0.3) is 0 Å². The quantitative estimate of drug-likeness (QED) is 0.269. The largest absolute Gasteiger partial charge is 0.388 e. The number of unbranched alkanes of at least 4 members (excludes halogenated alkanes) is 2. The van der Waals surface area contributed by atoms with E-state index in [9.17, 15) is 5.11 Å². The Hall–Kier alpha value is 0.0139. The van der Waals surface area contributed by atoms with E-state index in [0.29, 0.717) is 5.92 Å². The Bertz CT molecular complexity index is 724. The van der Waals surface area contributed by atoms with Crippen molar-refractivity contribution in [1.82, 2.24) is 0 Å². The van der Waals surface area contributed by atoms with Crippen molar-refractivity contribution >= 4 is 28.5 Å². The number of thiophene rings is 1. The third kappa shape index (κ3) is 6.78. The van der Waals surface area contributed by atoms with Crippen LogP contribution in [0.25, 0.3) is 5.57 Å². The zero-order chi connectivity index (χ0) is 19.1. The zero-order valence-corrected chi connectivity index (χ0v) is 21.2. The van der Waals surface area contributed by atoms with E-state index in [0.717, 1.165) is 42.7 Å². The molecule has 1 N–H and O–H groups in total. The Balaban J connectivity index is 0.00000280. The van der Waals surface area contributed by atoms with Gasteiger partial charge >= 0.3 is 0 Å². The molecule has 0 bridgehead atoms. The minimum atomic E-state index is -0.350. The van der Waals surface area contributed by atoms with Crippen LogP contribution in [0.4, 0.5) is 0 Å². The molecule has 0 saturated heterocycles. The van der Waals surface area contributed by atoms with Gasteiger partial charge in [0.2, 0.25) is 0 Å². The van der Waals surface area contributed by atoms with Crippen molar-refractivity contribution < 1.29 is 37.8 Å². The van der Waals surface area contributed by atoms with E-state index < -0.39 is 0 Å². The number of allylic oxidation sites excluding steroid dienone is 2. The molecule has 0 amide bonds. The molecule has 1 aliphatic rings. The first-order chi connectivity index (χ1) is 13.2. The van der Waals surface area contributed by atoms with Crippen molar-refractivity contribution in [3.63, 3.8) is 0 Å². The van der Waals surface area contributed by atoms with Gasteiger partial charge < -0.3 is 16.4 Å². The van der Waals surface area contributed by atoms with Crippen LogP contribution in [0.3, 0.4) is 0 Å². The summed E-state index contributed by atoms with van der Waals surface area (Å²) in [6.45, 7) is 2.19. The summed E-state index contributed by atoms with van der Waals surface area (Å²) in [6, 6.07) is 12.7. The normalized spacial score (nSPS) is 17.6. The number of aliphatic hydroxyl groups excluding tert-OH is 1. The Labute approximate surface area is 204 Å². The van der Waals surface area contributed by atoms with E-state index in [1.807, 2.05) is 6.07 Å². The molecule has 1 aromatic carbocycles. The van der Waals surface area contributed by atoms with Gasteiger partial charge in [-0.15, -0.1) is 10.3 Å². The predicted octanol–water partition coefficient (Wildman–Crippen LogP) is 7.54. The summed E-state index contributed by atoms with van der Waals surface area (Å²) < 4.78 is 0. The maximum absolute atomic E-state index is 10.4. The van der Waals surface area contributed by atoms with Gasteiger partial charge in [0.15, 0.2) is 0 Å². The molecule has 149 valence electrons. The van der Waals surface area contributed by atoms with Crippen LogP contribution in [0.5, 0.6) is 0 Å². The molecular weight excluding hydrogens is 461 g/mol. The van der Waals surface area contributed by atoms with Crippen LogP contribution < -0.4 is 0 Å². The molecule has 3 rings (SSSR count). The molecule has 28 heavy (non-hydrogen) atoms. The van der Waals surface area contributed by atoms with Crippen LogP contribution in [0, 0.1) is 11.3 Å². The number of aryl methyl sites for hydroxylation is 1. The number of halogens is 1. The first-order valence-corrected chi connectivity index (χ1v) is 11.5. The maximum atomic E-state index is 10.4. The predicted molar refractivity (Wildman–Crippen MR) is 117 cm³/mol. The van der Waals surface area contributed by atoms with E-state index in [1.165, 1.54) is 41.7 Å². The van der Waals surface area contributed by atoms with Gasteiger partial charge in [0, 0.05) is 37.7 Å². The van der Waals surface area contributed by atoms with Crippen LogP contribution in [-0.2, 0) is 39.1 Å². The van der Waals surface area contributed by atoms with E-state index in [1.54, 1.807) is 11.3 Å². The third-order valence-electron chi connectivity index (χ3n) is 5.60. The Morgan fingerprint density at radius 2 is 1.96 bits per heavy atom. The van der Waals surface area contributed by atoms with Crippen molar-refractivity contribution in [2.45, 2.75) is 70.8 Å². The van der Waals surface area contributed by atoms with Crippen molar-refractivity contribution in [3.05, 3.63) is 62.8 Å². The molecule has 1 heterocycles. The van der Waals surface area contributed by atoms with Gasteiger partial charge in [-0.3, -0.25) is 0 Å². The topological polar surface area (TPSA) is 20.2 Å². The minimum absolute atomic E-state index is 0. The molecular formula is C24H30ClOSY-. The molecule has 1 aromatic heterocycles. The fourth-order valence-corrected chi connectivity index (χ4v) is 5.09. The SMILES string of the molecule is CCCCC[C@@H](O)c1ccc(C2=C(Cl)CC[C@@H]2CCCc2cc[c-]s2)cc1.[Y]. The van der Waals surface area contributed by atoms with Crippen LogP contribution in [0.1, 0.15) is 80.4 Å². The molecule has 1 radical (unpaired) electrons. The molecule has 0 saturated carbocycles. The van der Waals surface area contributed by atoms with E-state index in [4.69, 9.17) is 11.6 Å². The summed E-state index contributed by atoms with van der Waals surface area (Å²) in [4.78, 5) is 1.42. The van der Waals surface area contributed by atoms with E-state index in [2.05, 4.69) is 42.6 Å². The summed E-state index contributed by atoms with van der Waals surface area (Å²) in [6.07, 6.45) is 9.62. The van der Waals surface area contributed by atoms with Crippen LogP contribution in [0.15, 0.2) is 41.4 Å². The summed E-state index contributed by atoms with van der Waals surface area (Å²) in [5.41, 5.74) is 3.59. The number of hydrogen-bond donors (Lipinski definition) is 1. The van der Waals surface area contributed by atoms with Crippen molar-refractivity contribution in [3.8, 4) is 0 Å². The zero-order valence-electron chi connectivity index (χ0n) is 16.8. The Morgan fingerprint density at radius 3 is 2.64 bits per heavy atom. The fraction of sp³-hybridized carbons (Fsp3) is 0.500. The molecule has 2 atom stereocenters. The smallest absolute Gasteiger partial charge is 0.0790 e. The minimum Gasteiger partial charge on any atom is -0.388 e. The van der Waals surface area contributed by atoms with Crippen molar-refractivity contribution in [2.75, 3.05) is 0 Å². The standard InChI is InChI=1S/C24H30ClOS.Y/c1-2-3-4-10-23(26)18-11-13-20(14-12-18)24-19(15-16-22(24)25)7-5-8-21-9-6-17-27-21;/h6,9,11-14,19,23,26H,2-5,7-8,10,15-16H2,1H3;/q-1;/t19-,23+;/m0./s1. The second-order valence-corrected chi connectivity index (χ2v) is 9.02. The van der Waals surface area contributed by atoms with Gasteiger partial charge in [-0.25, -0.2) is 6.07 Å². The van der Waals surface area contributed by atoms with Crippen molar-refractivity contribution in [2.24, 2.45) is 5.92 Å². The molecule has 1 nitrogen and oxygen atoms in total. The second-order valence-electron chi connectivity index (χ2n) is 7.60. The van der Waals surface area contributed by atoms with Crippen LogP contribution >= 0.6 is 22.9 Å². The van der Waals surface area contributed by atoms with Gasteiger partial charge in [-0.2, -0.15) is 6.07 Å². The van der Waals surface area contributed by atoms with E-state index >= 15 is 0 Å². The first kappa shape index (κ1) is 24.3. The van der Waals surface area contributed by atoms with Gasteiger partial charge in [-0.1, -0.05) is 74.9 Å². The Kier molecular flexibility index (Phi) is 11.0. The molecule has 0 aliphatic heterocycles. The number of benzene rings is 1. The van der Waals surface area contributed by atoms with Crippen molar-refractivity contribution in [1.29, 1.82) is 0 Å². The molecule has 0 spiro atoms. The Morgan fingerprint density at radius 1 is 1.18 bits per heavy atom. The summed E-state index contributed by atoms with van der Waals surface area (Å²) in [5, 5.41) is 14.6. The molecule has 4 heteroatoms. The van der Waals surface area contributed by atoms with E-state index in [-0.39, 0.29) is 38.8 Å². The average Bonchev–Trinajstić information content (AvgIpc) is 3.32. The molecule has 0 fully saturated rings. The fourth-order valence-electron chi connectivity index (χ4n) is 4.05. The number of rotatable bonds is 10. The molecule has 0 unspecified atom stereocenters. The number of hydrogen-bond acceptors (Lipinski definition) is 2. The number of aliphatic hydroxyl groups is 1. The first-order valence-electron chi connectivity index (χ1n) is 10.3. The molecule has 1 aliphatic carbocycles. The van der Waals surface area contributed by atoms with Crippen LogP contribution in [-0.4, -0.2) is 5.11 Å². The van der Waals surface area contributed by atoms with Crippen LogP contribution in [0.2, 0.25) is 0 Å². The maximum Gasteiger partial charge on any atom is 0.0790 e. The monoisotopic (exact) mass is 490 g/mol. The van der Waals surface area contributed by atoms with Gasteiger partial charge in [0.05, 0.1) is 6.10 Å². The molecule has 2 aromatic rings. The van der Waals surface area contributed by atoms with Gasteiger partial charge in [0.1, 0.15) is 0 Å². The second kappa shape index (κ2) is 12.7. The third-order valence-corrected chi connectivity index (χ3v) is 6.85. The summed E-state index contributed by atoms with van der Waals surface area (Å²) >= 11 is 8.33.